The van der Waals surface area contributed by atoms with Gasteiger partial charge in [-0.3, -0.25) is 14.5 Å². The van der Waals surface area contributed by atoms with E-state index in [-0.39, 0.29) is 31.1 Å². The van der Waals surface area contributed by atoms with Gasteiger partial charge in [0.15, 0.2) is 0 Å². The molecule has 0 aromatic heterocycles. The van der Waals surface area contributed by atoms with Crippen LogP contribution in [0.25, 0.3) is 0 Å². The number of esters is 1. The van der Waals surface area contributed by atoms with Crippen LogP contribution in [0.2, 0.25) is 0 Å². The number of amides is 2. The molecule has 35 heavy (non-hydrogen) atoms. The summed E-state index contributed by atoms with van der Waals surface area (Å²) in [6, 6.07) is 21.5. The summed E-state index contributed by atoms with van der Waals surface area (Å²) in [5.74, 6) is -1.14. The zero-order valence-corrected chi connectivity index (χ0v) is 19.8. The van der Waals surface area contributed by atoms with Gasteiger partial charge in [-0.1, -0.05) is 42.1 Å². The predicted molar refractivity (Wildman–Crippen MR) is 133 cm³/mol. The van der Waals surface area contributed by atoms with Crippen LogP contribution < -0.4 is 10.2 Å². The molecule has 0 bridgehead atoms. The SMILES string of the molecule is O=C(CN1C(=O)c2ccccc2Sc2ccc(C(=O)OC[C@H]3CCCO3)cc21)Nc1ccccc1. The molecule has 1 fully saturated rings. The minimum absolute atomic E-state index is 0.0791. The van der Waals surface area contributed by atoms with Crippen LogP contribution in [0.5, 0.6) is 0 Å². The number of nitrogens with zero attached hydrogens (tertiary/aromatic N) is 1. The fourth-order valence-corrected chi connectivity index (χ4v) is 5.16. The number of rotatable bonds is 6. The smallest absolute Gasteiger partial charge is 0.338 e. The van der Waals surface area contributed by atoms with Gasteiger partial charge in [0.2, 0.25) is 5.91 Å². The van der Waals surface area contributed by atoms with Crippen molar-refractivity contribution in [1.82, 2.24) is 0 Å². The second-order valence-electron chi connectivity index (χ2n) is 8.32. The van der Waals surface area contributed by atoms with Crippen molar-refractivity contribution >= 4 is 40.9 Å². The maximum atomic E-state index is 13.6. The molecule has 0 radical (unpaired) electrons. The van der Waals surface area contributed by atoms with Crippen molar-refractivity contribution < 1.29 is 23.9 Å². The first-order chi connectivity index (χ1) is 17.1. The van der Waals surface area contributed by atoms with Gasteiger partial charge in [0.25, 0.3) is 5.91 Å². The third-order valence-corrected chi connectivity index (χ3v) is 6.99. The number of benzene rings is 3. The lowest BCUT2D eigenvalue weighted by Gasteiger charge is -2.23. The lowest BCUT2D eigenvalue weighted by molar-refractivity contribution is -0.114. The summed E-state index contributed by atoms with van der Waals surface area (Å²) in [7, 11) is 0. The Morgan fingerprint density at radius 1 is 1.03 bits per heavy atom. The number of hydrogen-bond acceptors (Lipinski definition) is 6. The van der Waals surface area contributed by atoms with Crippen molar-refractivity contribution in [1.29, 1.82) is 0 Å². The van der Waals surface area contributed by atoms with Gasteiger partial charge in [-0.15, -0.1) is 0 Å². The molecule has 5 rings (SSSR count). The number of anilines is 2. The fourth-order valence-electron chi connectivity index (χ4n) is 4.10. The molecule has 1 saturated heterocycles. The van der Waals surface area contributed by atoms with Crippen LogP contribution in [0.15, 0.2) is 82.6 Å². The second kappa shape index (κ2) is 10.3. The normalized spacial score (nSPS) is 16.7. The van der Waals surface area contributed by atoms with E-state index >= 15 is 0 Å². The number of fused-ring (bicyclic) bond motifs is 2. The van der Waals surface area contributed by atoms with E-state index in [2.05, 4.69) is 5.32 Å². The molecule has 1 N–H and O–H groups in total. The molecule has 3 aromatic rings. The Hall–Kier alpha value is -3.62. The van der Waals surface area contributed by atoms with E-state index in [1.807, 2.05) is 30.3 Å². The fraction of sp³-hybridized carbons (Fsp3) is 0.222. The molecule has 2 aliphatic heterocycles. The lowest BCUT2D eigenvalue weighted by Crippen LogP contribution is -2.38. The van der Waals surface area contributed by atoms with Gasteiger partial charge < -0.3 is 14.8 Å². The molecule has 2 heterocycles. The summed E-state index contributed by atoms with van der Waals surface area (Å²) in [6.07, 6.45) is 1.75. The summed E-state index contributed by atoms with van der Waals surface area (Å²) in [4.78, 5) is 42.2. The maximum Gasteiger partial charge on any atom is 0.338 e. The Morgan fingerprint density at radius 2 is 1.83 bits per heavy atom. The maximum absolute atomic E-state index is 13.6. The molecule has 2 amide bonds. The van der Waals surface area contributed by atoms with Gasteiger partial charge in [0.1, 0.15) is 13.2 Å². The lowest BCUT2D eigenvalue weighted by atomic mass is 10.1. The van der Waals surface area contributed by atoms with Crippen LogP contribution in [0, 0.1) is 0 Å². The van der Waals surface area contributed by atoms with Crippen LogP contribution in [0.3, 0.4) is 0 Å². The molecule has 0 aliphatic carbocycles. The average Bonchev–Trinajstić information content (AvgIpc) is 3.37. The first-order valence-corrected chi connectivity index (χ1v) is 12.3. The van der Waals surface area contributed by atoms with Crippen molar-refractivity contribution in [3.63, 3.8) is 0 Å². The molecule has 1 atom stereocenters. The van der Waals surface area contributed by atoms with E-state index in [9.17, 15) is 14.4 Å². The summed E-state index contributed by atoms with van der Waals surface area (Å²) in [5.41, 5.74) is 1.95. The van der Waals surface area contributed by atoms with E-state index in [4.69, 9.17) is 9.47 Å². The quantitative estimate of drug-likeness (QED) is 0.503. The topological polar surface area (TPSA) is 84.9 Å². The van der Waals surface area contributed by atoms with Crippen LogP contribution in [0.1, 0.15) is 33.6 Å². The number of carbonyl (C=O) groups is 3. The van der Waals surface area contributed by atoms with Crippen molar-refractivity contribution in [2.75, 3.05) is 30.0 Å². The molecule has 3 aromatic carbocycles. The van der Waals surface area contributed by atoms with E-state index < -0.39 is 5.97 Å². The Labute approximate surface area is 207 Å². The van der Waals surface area contributed by atoms with Crippen molar-refractivity contribution in [2.24, 2.45) is 0 Å². The van der Waals surface area contributed by atoms with E-state index in [1.54, 1.807) is 42.5 Å². The van der Waals surface area contributed by atoms with Crippen molar-refractivity contribution in [3.05, 3.63) is 83.9 Å². The molecule has 0 unspecified atom stereocenters. The Morgan fingerprint density at radius 3 is 2.63 bits per heavy atom. The van der Waals surface area contributed by atoms with Gasteiger partial charge in [-0.25, -0.2) is 4.79 Å². The minimum atomic E-state index is -0.490. The highest BCUT2D eigenvalue weighted by Gasteiger charge is 2.30. The largest absolute Gasteiger partial charge is 0.459 e. The first-order valence-electron chi connectivity index (χ1n) is 11.4. The Kier molecular flexibility index (Phi) is 6.83. The van der Waals surface area contributed by atoms with Crippen molar-refractivity contribution in [3.8, 4) is 0 Å². The zero-order chi connectivity index (χ0) is 24.2. The highest BCUT2D eigenvalue weighted by molar-refractivity contribution is 7.99. The molecule has 0 saturated carbocycles. The van der Waals surface area contributed by atoms with Crippen LogP contribution in [0.4, 0.5) is 11.4 Å². The number of para-hydroxylation sites is 1. The number of ether oxygens (including phenoxy) is 2. The van der Waals surface area contributed by atoms with E-state index in [0.29, 0.717) is 29.1 Å². The molecule has 8 heteroatoms. The molecule has 0 spiro atoms. The van der Waals surface area contributed by atoms with Crippen LogP contribution >= 0.6 is 11.8 Å². The summed E-state index contributed by atoms with van der Waals surface area (Å²) in [6.45, 7) is 0.670. The van der Waals surface area contributed by atoms with Gasteiger partial charge in [0.05, 0.1) is 22.9 Å². The minimum Gasteiger partial charge on any atom is -0.459 e. The molecular weight excluding hydrogens is 464 g/mol. The summed E-state index contributed by atoms with van der Waals surface area (Å²) in [5, 5.41) is 2.83. The van der Waals surface area contributed by atoms with Gasteiger partial charge in [0, 0.05) is 22.1 Å². The number of carbonyl (C=O) groups excluding carboxylic acids is 3. The van der Waals surface area contributed by atoms with Gasteiger partial charge >= 0.3 is 5.97 Å². The van der Waals surface area contributed by atoms with Crippen LogP contribution in [-0.4, -0.2) is 43.6 Å². The van der Waals surface area contributed by atoms with E-state index in [0.717, 1.165) is 22.6 Å². The third-order valence-electron chi connectivity index (χ3n) is 5.85. The average molecular weight is 489 g/mol. The molecular formula is C27H24N2O5S. The van der Waals surface area contributed by atoms with Crippen molar-refractivity contribution in [2.45, 2.75) is 28.7 Å². The molecule has 7 nitrogen and oxygen atoms in total. The summed E-state index contributed by atoms with van der Waals surface area (Å²) >= 11 is 1.43. The standard InChI is InChI=1S/C27H24N2O5S/c30-25(28-19-7-2-1-3-8-19)16-29-22-15-18(27(32)34-17-20-9-6-14-33-20)12-13-24(22)35-23-11-5-4-10-21(23)26(29)31/h1-5,7-8,10-13,15,20H,6,9,14,16-17H2,(H,28,30)/t20-/m1/s1. The number of hydrogen-bond donors (Lipinski definition) is 1. The van der Waals surface area contributed by atoms with Gasteiger partial charge in [-0.2, -0.15) is 0 Å². The molecule has 2 aliphatic rings. The third kappa shape index (κ3) is 5.23. The Balaban J connectivity index is 1.43. The highest BCUT2D eigenvalue weighted by Crippen LogP contribution is 2.41. The predicted octanol–water partition coefficient (Wildman–Crippen LogP) is 4.77. The monoisotopic (exact) mass is 488 g/mol. The van der Waals surface area contributed by atoms with E-state index in [1.165, 1.54) is 16.7 Å². The summed E-state index contributed by atoms with van der Waals surface area (Å²) < 4.78 is 11.0. The highest BCUT2D eigenvalue weighted by atomic mass is 32.2. The number of nitrogens with one attached hydrogen (secondary N) is 1. The molecule has 178 valence electrons. The first kappa shape index (κ1) is 23.1. The zero-order valence-electron chi connectivity index (χ0n) is 18.9. The Bertz CT molecular complexity index is 1260. The van der Waals surface area contributed by atoms with Crippen LogP contribution in [-0.2, 0) is 14.3 Å². The van der Waals surface area contributed by atoms with Gasteiger partial charge in [-0.05, 0) is 55.3 Å². The second-order valence-corrected chi connectivity index (χ2v) is 9.40.